The van der Waals surface area contributed by atoms with Crippen molar-refractivity contribution in [1.82, 2.24) is 9.97 Å². The third-order valence-corrected chi connectivity index (χ3v) is 4.04. The minimum Gasteiger partial charge on any atom is -0.378 e. The molecule has 19 heavy (non-hydrogen) atoms. The van der Waals surface area contributed by atoms with Crippen molar-refractivity contribution in [1.29, 1.82) is 0 Å². The van der Waals surface area contributed by atoms with E-state index in [1.165, 1.54) is 6.33 Å². The Balaban J connectivity index is 2.30. The van der Waals surface area contributed by atoms with Crippen LogP contribution < -0.4 is 5.32 Å². The third kappa shape index (κ3) is 3.42. The summed E-state index contributed by atoms with van der Waals surface area (Å²) in [6.45, 7) is 0.287. The Bertz CT molecular complexity index is 675. The normalized spacial score (nSPS) is 11.3. The molecule has 5 nitrogen and oxygen atoms in total. The Morgan fingerprint density at radius 1 is 1.26 bits per heavy atom. The first-order valence-electron chi connectivity index (χ1n) is 5.45. The van der Waals surface area contributed by atoms with Crippen LogP contribution in [0.5, 0.6) is 0 Å². The molecule has 100 valence electrons. The van der Waals surface area contributed by atoms with Crippen LogP contribution in [0.15, 0.2) is 41.8 Å². The first kappa shape index (κ1) is 13.8. The summed E-state index contributed by atoms with van der Waals surface area (Å²) in [6.07, 6.45) is 5.78. The molecule has 0 saturated heterocycles. The Morgan fingerprint density at radius 2 is 1.95 bits per heavy atom. The van der Waals surface area contributed by atoms with Crippen molar-refractivity contribution in [3.63, 3.8) is 0 Å². The standard InChI is InChI=1S/C12H12ClN3O2S/c1-19(17,18)12-4-2-3-11(13)10(12)7-16-9-5-14-8-15-6-9/h2-6,8,16H,7H2,1H3. The number of rotatable bonds is 4. The molecule has 0 fully saturated rings. The number of halogens is 1. The maximum Gasteiger partial charge on any atom is 0.175 e. The lowest BCUT2D eigenvalue weighted by Gasteiger charge is -2.11. The molecule has 1 aromatic heterocycles. The van der Waals surface area contributed by atoms with Gasteiger partial charge in [0.2, 0.25) is 0 Å². The van der Waals surface area contributed by atoms with Gasteiger partial charge in [-0.15, -0.1) is 0 Å². The smallest absolute Gasteiger partial charge is 0.175 e. The molecule has 0 unspecified atom stereocenters. The Kier molecular flexibility index (Phi) is 4.01. The molecule has 2 rings (SSSR count). The highest BCUT2D eigenvalue weighted by Crippen LogP contribution is 2.24. The van der Waals surface area contributed by atoms with Crippen molar-refractivity contribution in [3.8, 4) is 0 Å². The molecule has 0 aliphatic rings. The average Bonchev–Trinajstić information content (AvgIpc) is 2.37. The molecule has 2 aromatic rings. The fraction of sp³-hybridized carbons (Fsp3) is 0.167. The molecule has 0 aliphatic carbocycles. The highest BCUT2D eigenvalue weighted by molar-refractivity contribution is 7.90. The van der Waals surface area contributed by atoms with E-state index in [1.807, 2.05) is 0 Å². The van der Waals surface area contributed by atoms with E-state index in [1.54, 1.807) is 30.6 Å². The summed E-state index contributed by atoms with van der Waals surface area (Å²) in [5.41, 5.74) is 1.23. The third-order valence-electron chi connectivity index (χ3n) is 2.51. The van der Waals surface area contributed by atoms with Crippen LogP contribution in [0.1, 0.15) is 5.56 Å². The van der Waals surface area contributed by atoms with E-state index in [0.717, 1.165) is 6.26 Å². The van der Waals surface area contributed by atoms with Crippen molar-refractivity contribution >= 4 is 27.1 Å². The predicted molar refractivity (Wildman–Crippen MR) is 73.9 cm³/mol. The molecular formula is C12H12ClN3O2S. The fourth-order valence-electron chi connectivity index (χ4n) is 1.64. The van der Waals surface area contributed by atoms with Crippen molar-refractivity contribution in [2.45, 2.75) is 11.4 Å². The minimum absolute atomic E-state index is 0.226. The number of hydrogen-bond donors (Lipinski definition) is 1. The van der Waals surface area contributed by atoms with E-state index < -0.39 is 9.84 Å². The lowest BCUT2D eigenvalue weighted by molar-refractivity contribution is 0.601. The number of sulfone groups is 1. The van der Waals surface area contributed by atoms with Crippen LogP contribution in [-0.4, -0.2) is 24.6 Å². The lowest BCUT2D eigenvalue weighted by Crippen LogP contribution is -2.08. The molecule has 0 saturated carbocycles. The first-order chi connectivity index (χ1) is 8.98. The Hall–Kier alpha value is -1.66. The number of aromatic nitrogens is 2. The van der Waals surface area contributed by atoms with Crippen LogP contribution in [0, 0.1) is 0 Å². The second kappa shape index (κ2) is 5.54. The van der Waals surface area contributed by atoms with E-state index in [2.05, 4.69) is 15.3 Å². The predicted octanol–water partition coefficient (Wildman–Crippen LogP) is 2.15. The van der Waals surface area contributed by atoms with Gasteiger partial charge in [0.15, 0.2) is 9.84 Å². The van der Waals surface area contributed by atoms with E-state index >= 15 is 0 Å². The quantitative estimate of drug-likeness (QED) is 0.936. The number of anilines is 1. The molecule has 1 aromatic carbocycles. The van der Waals surface area contributed by atoms with Crippen LogP contribution in [0.25, 0.3) is 0 Å². The number of benzene rings is 1. The van der Waals surface area contributed by atoms with Crippen LogP contribution in [0.4, 0.5) is 5.69 Å². The molecule has 0 amide bonds. The van der Waals surface area contributed by atoms with Gasteiger partial charge in [0, 0.05) is 23.4 Å². The molecule has 7 heteroatoms. The summed E-state index contributed by atoms with van der Waals surface area (Å²) >= 11 is 6.07. The molecule has 1 N–H and O–H groups in total. The topological polar surface area (TPSA) is 72.0 Å². The molecule has 0 atom stereocenters. The summed E-state index contributed by atoms with van der Waals surface area (Å²) in [7, 11) is -3.32. The fourth-order valence-corrected chi connectivity index (χ4v) is 2.89. The SMILES string of the molecule is CS(=O)(=O)c1cccc(Cl)c1CNc1cncnc1. The van der Waals surface area contributed by atoms with Crippen LogP contribution >= 0.6 is 11.6 Å². The van der Waals surface area contributed by atoms with Gasteiger partial charge < -0.3 is 5.32 Å². The highest BCUT2D eigenvalue weighted by Gasteiger charge is 2.15. The van der Waals surface area contributed by atoms with E-state index in [4.69, 9.17) is 11.6 Å². The summed E-state index contributed by atoms with van der Waals surface area (Å²) in [4.78, 5) is 7.96. The minimum atomic E-state index is -3.32. The summed E-state index contributed by atoms with van der Waals surface area (Å²) in [6, 6.07) is 4.82. The van der Waals surface area contributed by atoms with Gasteiger partial charge in [0.25, 0.3) is 0 Å². The largest absolute Gasteiger partial charge is 0.378 e. The average molecular weight is 298 g/mol. The number of nitrogens with one attached hydrogen (secondary N) is 1. The lowest BCUT2D eigenvalue weighted by atomic mass is 10.2. The van der Waals surface area contributed by atoms with Crippen molar-refractivity contribution in [3.05, 3.63) is 47.5 Å². The molecule has 0 spiro atoms. The van der Waals surface area contributed by atoms with Gasteiger partial charge in [-0.05, 0) is 12.1 Å². The monoisotopic (exact) mass is 297 g/mol. The van der Waals surface area contributed by atoms with Crippen molar-refractivity contribution in [2.24, 2.45) is 0 Å². The van der Waals surface area contributed by atoms with Crippen LogP contribution in [0.3, 0.4) is 0 Å². The summed E-state index contributed by atoms with van der Waals surface area (Å²) in [5.74, 6) is 0. The maximum atomic E-state index is 11.7. The van der Waals surface area contributed by atoms with Gasteiger partial charge in [-0.1, -0.05) is 17.7 Å². The van der Waals surface area contributed by atoms with Gasteiger partial charge >= 0.3 is 0 Å². The van der Waals surface area contributed by atoms with Gasteiger partial charge in [-0.25, -0.2) is 18.4 Å². The first-order valence-corrected chi connectivity index (χ1v) is 7.72. The Morgan fingerprint density at radius 3 is 2.58 bits per heavy atom. The molecule has 1 heterocycles. The van der Waals surface area contributed by atoms with Crippen molar-refractivity contribution < 1.29 is 8.42 Å². The summed E-state index contributed by atoms with van der Waals surface area (Å²) < 4.78 is 23.4. The Labute approximate surface area is 116 Å². The van der Waals surface area contributed by atoms with Gasteiger partial charge in [-0.2, -0.15) is 0 Å². The van der Waals surface area contributed by atoms with Crippen LogP contribution in [-0.2, 0) is 16.4 Å². The van der Waals surface area contributed by atoms with E-state index in [0.29, 0.717) is 16.3 Å². The molecule has 0 aliphatic heterocycles. The number of hydrogen-bond acceptors (Lipinski definition) is 5. The zero-order chi connectivity index (χ0) is 13.9. The van der Waals surface area contributed by atoms with Crippen LogP contribution in [0.2, 0.25) is 5.02 Å². The molecule has 0 radical (unpaired) electrons. The molecule has 0 bridgehead atoms. The second-order valence-corrected chi connectivity index (χ2v) is 6.36. The summed E-state index contributed by atoms with van der Waals surface area (Å²) in [5, 5.41) is 3.45. The van der Waals surface area contributed by atoms with E-state index in [9.17, 15) is 8.42 Å². The zero-order valence-corrected chi connectivity index (χ0v) is 11.7. The number of nitrogens with zero attached hydrogens (tertiary/aromatic N) is 2. The van der Waals surface area contributed by atoms with Gasteiger partial charge in [0.1, 0.15) is 6.33 Å². The molecular weight excluding hydrogens is 286 g/mol. The van der Waals surface area contributed by atoms with Gasteiger partial charge in [0.05, 0.1) is 23.0 Å². The van der Waals surface area contributed by atoms with Crippen molar-refractivity contribution in [2.75, 3.05) is 11.6 Å². The highest BCUT2D eigenvalue weighted by atomic mass is 35.5. The maximum absolute atomic E-state index is 11.7. The second-order valence-electron chi connectivity index (χ2n) is 3.97. The van der Waals surface area contributed by atoms with E-state index in [-0.39, 0.29) is 11.4 Å². The zero-order valence-electron chi connectivity index (χ0n) is 10.2. The van der Waals surface area contributed by atoms with Gasteiger partial charge in [-0.3, -0.25) is 0 Å².